The van der Waals surface area contributed by atoms with Gasteiger partial charge in [0, 0.05) is 13.0 Å². The van der Waals surface area contributed by atoms with Crippen LogP contribution in [0.4, 0.5) is 0 Å². The van der Waals surface area contributed by atoms with Crippen molar-refractivity contribution in [2.24, 2.45) is 0 Å². The van der Waals surface area contributed by atoms with Crippen molar-refractivity contribution in [3.63, 3.8) is 0 Å². The Labute approximate surface area is 111 Å². The highest BCUT2D eigenvalue weighted by Gasteiger charge is 2.26. The minimum absolute atomic E-state index is 0.0577. The van der Waals surface area contributed by atoms with E-state index in [9.17, 15) is 9.59 Å². The molecule has 2 heterocycles. The van der Waals surface area contributed by atoms with Gasteiger partial charge in [0.15, 0.2) is 8.68 Å². The molecule has 1 aromatic heterocycles. The summed E-state index contributed by atoms with van der Waals surface area (Å²) in [4.78, 5) is 24.4. The first kappa shape index (κ1) is 12.8. The first-order valence-electron chi connectivity index (χ1n) is 5.04. The molecule has 5 nitrogen and oxygen atoms in total. The van der Waals surface area contributed by atoms with Gasteiger partial charge in [0.2, 0.25) is 11.8 Å². The number of hydrogen-bond donors (Lipinski definition) is 0. The highest BCUT2D eigenvalue weighted by Crippen LogP contribution is 2.27. The van der Waals surface area contributed by atoms with E-state index in [1.165, 1.54) is 39.8 Å². The van der Waals surface area contributed by atoms with Crippen LogP contribution >= 0.6 is 34.9 Å². The van der Waals surface area contributed by atoms with Gasteiger partial charge in [-0.2, -0.15) is 0 Å². The lowest BCUT2D eigenvalue weighted by Gasteiger charge is -2.11. The van der Waals surface area contributed by atoms with Gasteiger partial charge >= 0.3 is 0 Å². The van der Waals surface area contributed by atoms with E-state index in [1.807, 2.05) is 6.26 Å². The smallest absolute Gasteiger partial charge is 0.239 e. The minimum Gasteiger partial charge on any atom is -0.282 e. The molecule has 1 fully saturated rings. The topological polar surface area (TPSA) is 63.2 Å². The Morgan fingerprint density at radius 3 is 2.82 bits per heavy atom. The summed E-state index contributed by atoms with van der Waals surface area (Å²) in [6, 6.07) is 0. The molecule has 1 aliphatic rings. The molecule has 8 heteroatoms. The molecule has 2 amide bonds. The monoisotopic (exact) mass is 289 g/mol. The van der Waals surface area contributed by atoms with Crippen molar-refractivity contribution in [1.82, 2.24) is 15.1 Å². The average Bonchev–Trinajstić information content (AvgIpc) is 2.94. The number of carbonyl (C=O) groups is 2. The van der Waals surface area contributed by atoms with Gasteiger partial charge in [0.05, 0.1) is 5.75 Å². The number of hydrogen-bond acceptors (Lipinski definition) is 7. The Morgan fingerprint density at radius 1 is 1.47 bits per heavy atom. The Hall–Kier alpha value is -0.600. The summed E-state index contributed by atoms with van der Waals surface area (Å²) >= 11 is 4.34. The number of aromatic nitrogens is 2. The molecule has 0 radical (unpaired) electrons. The number of amides is 2. The highest BCUT2D eigenvalue weighted by molar-refractivity contribution is 8.03. The largest absolute Gasteiger partial charge is 0.282 e. The predicted molar refractivity (Wildman–Crippen MR) is 68.4 cm³/mol. The third kappa shape index (κ3) is 3.20. The number of rotatable bonds is 4. The van der Waals surface area contributed by atoms with Crippen LogP contribution < -0.4 is 0 Å². The van der Waals surface area contributed by atoms with Gasteiger partial charge in [-0.3, -0.25) is 14.5 Å². The summed E-state index contributed by atoms with van der Waals surface area (Å²) in [5.41, 5.74) is 0. The fourth-order valence-corrected chi connectivity index (χ4v) is 3.77. The minimum atomic E-state index is -0.126. The van der Waals surface area contributed by atoms with Crippen LogP contribution in [-0.2, 0) is 9.59 Å². The molecule has 0 aliphatic carbocycles. The van der Waals surface area contributed by atoms with Crippen molar-refractivity contribution >= 4 is 46.7 Å². The maximum absolute atomic E-state index is 11.7. The number of thioether (sulfide) groups is 2. The summed E-state index contributed by atoms with van der Waals surface area (Å²) in [5, 5.41) is 7.90. The third-order valence-electron chi connectivity index (χ3n) is 2.26. The molecule has 1 aromatic rings. The highest BCUT2D eigenvalue weighted by atomic mass is 32.2. The molecule has 0 saturated carbocycles. The number of carbonyl (C=O) groups excluding carboxylic acids is 2. The van der Waals surface area contributed by atoms with Crippen molar-refractivity contribution in [1.29, 1.82) is 0 Å². The van der Waals surface area contributed by atoms with Crippen molar-refractivity contribution in [3.8, 4) is 0 Å². The molecule has 0 bridgehead atoms. The molecule has 1 saturated heterocycles. The van der Waals surface area contributed by atoms with E-state index in [1.54, 1.807) is 0 Å². The van der Waals surface area contributed by atoms with Crippen molar-refractivity contribution in [2.45, 2.75) is 21.5 Å². The maximum Gasteiger partial charge on any atom is 0.239 e. The Balaban J connectivity index is 1.85. The molecule has 0 aromatic carbocycles. The molecule has 0 atom stereocenters. The standard InChI is InChI=1S/C9H11N3O2S3/c1-15-8-10-11-9(17-8)16-5-7(14)12-4-2-3-6(12)13/h2-5H2,1H3. The second kappa shape index (κ2) is 5.83. The van der Waals surface area contributed by atoms with Crippen molar-refractivity contribution in [2.75, 3.05) is 18.6 Å². The van der Waals surface area contributed by atoms with E-state index in [4.69, 9.17) is 0 Å². The van der Waals surface area contributed by atoms with Gasteiger partial charge in [-0.25, -0.2) is 0 Å². The molecule has 0 spiro atoms. The summed E-state index contributed by atoms with van der Waals surface area (Å²) in [5.74, 6) is 0.0745. The normalized spacial score (nSPS) is 15.6. The predicted octanol–water partition coefficient (Wildman–Crippen LogP) is 1.50. The summed E-state index contributed by atoms with van der Waals surface area (Å²) in [6.07, 6.45) is 3.21. The van der Waals surface area contributed by atoms with Gasteiger partial charge in [-0.05, 0) is 12.7 Å². The van der Waals surface area contributed by atoms with Crippen LogP contribution in [0.3, 0.4) is 0 Å². The van der Waals surface area contributed by atoms with Gasteiger partial charge in [-0.15, -0.1) is 10.2 Å². The lowest BCUT2D eigenvalue weighted by molar-refractivity contribution is -0.140. The Bertz CT molecular complexity index is 435. The van der Waals surface area contributed by atoms with Crippen LogP contribution in [0, 0.1) is 0 Å². The van der Waals surface area contributed by atoms with Crippen molar-refractivity contribution < 1.29 is 9.59 Å². The molecule has 0 N–H and O–H groups in total. The van der Waals surface area contributed by atoms with Crippen LogP contribution in [0.2, 0.25) is 0 Å². The van der Waals surface area contributed by atoms with Crippen LogP contribution in [0.15, 0.2) is 8.68 Å². The molecular formula is C9H11N3O2S3. The lowest BCUT2D eigenvalue weighted by Crippen LogP contribution is -2.33. The zero-order valence-corrected chi connectivity index (χ0v) is 11.7. The van der Waals surface area contributed by atoms with Gasteiger partial charge in [0.25, 0.3) is 0 Å². The molecule has 2 rings (SSSR count). The second-order valence-electron chi connectivity index (χ2n) is 3.37. The van der Waals surface area contributed by atoms with E-state index >= 15 is 0 Å². The third-order valence-corrected chi connectivity index (χ3v) is 5.27. The number of likely N-dealkylation sites (tertiary alicyclic amines) is 1. The van der Waals surface area contributed by atoms with E-state index in [0.29, 0.717) is 13.0 Å². The zero-order valence-electron chi connectivity index (χ0n) is 9.21. The number of nitrogens with zero attached hydrogens (tertiary/aromatic N) is 3. The quantitative estimate of drug-likeness (QED) is 0.783. The fraction of sp³-hybridized carbons (Fsp3) is 0.556. The van der Waals surface area contributed by atoms with Crippen LogP contribution in [0.25, 0.3) is 0 Å². The van der Waals surface area contributed by atoms with Crippen molar-refractivity contribution in [3.05, 3.63) is 0 Å². The molecule has 17 heavy (non-hydrogen) atoms. The molecule has 0 unspecified atom stereocenters. The van der Waals surface area contributed by atoms with E-state index in [-0.39, 0.29) is 17.6 Å². The lowest BCUT2D eigenvalue weighted by atomic mass is 10.4. The van der Waals surface area contributed by atoms with Gasteiger partial charge in [-0.1, -0.05) is 34.9 Å². The molecule has 1 aliphatic heterocycles. The van der Waals surface area contributed by atoms with E-state index in [0.717, 1.165) is 15.1 Å². The second-order valence-corrected chi connectivity index (χ2v) is 6.62. The SMILES string of the molecule is CSc1nnc(SCC(=O)N2CCCC2=O)s1. The van der Waals surface area contributed by atoms with Crippen LogP contribution in [0.1, 0.15) is 12.8 Å². The fourth-order valence-electron chi connectivity index (χ4n) is 1.45. The van der Waals surface area contributed by atoms with Crippen LogP contribution in [0.5, 0.6) is 0 Å². The van der Waals surface area contributed by atoms with E-state index < -0.39 is 0 Å². The van der Waals surface area contributed by atoms with Gasteiger partial charge in [0.1, 0.15) is 0 Å². The Morgan fingerprint density at radius 2 is 2.24 bits per heavy atom. The van der Waals surface area contributed by atoms with Gasteiger partial charge < -0.3 is 0 Å². The Kier molecular flexibility index (Phi) is 4.41. The summed E-state index contributed by atoms with van der Waals surface area (Å²) in [6.45, 7) is 0.560. The first-order chi connectivity index (χ1) is 8.20. The maximum atomic E-state index is 11.7. The molecular weight excluding hydrogens is 278 g/mol. The average molecular weight is 289 g/mol. The van der Waals surface area contributed by atoms with Crippen LogP contribution in [-0.4, -0.2) is 45.5 Å². The zero-order chi connectivity index (χ0) is 12.3. The van der Waals surface area contributed by atoms with E-state index in [2.05, 4.69) is 10.2 Å². The number of imide groups is 1. The summed E-state index contributed by atoms with van der Waals surface area (Å²) < 4.78 is 1.66. The summed E-state index contributed by atoms with van der Waals surface area (Å²) in [7, 11) is 0. The molecule has 92 valence electrons. The first-order valence-corrected chi connectivity index (χ1v) is 8.07.